The highest BCUT2D eigenvalue weighted by Crippen LogP contribution is 2.24. The molecular weight excluding hydrogens is 295 g/mol. The van der Waals surface area contributed by atoms with Crippen molar-refractivity contribution in [1.29, 1.82) is 0 Å². The Labute approximate surface area is 134 Å². The zero-order chi connectivity index (χ0) is 16.2. The van der Waals surface area contributed by atoms with E-state index >= 15 is 0 Å². The zero-order valence-electron chi connectivity index (χ0n) is 13.0. The lowest BCUT2D eigenvalue weighted by molar-refractivity contribution is -0.115. The van der Waals surface area contributed by atoms with Crippen LogP contribution in [0.2, 0.25) is 0 Å². The number of nitrogens with one attached hydrogen (secondary N) is 2. The first kappa shape index (κ1) is 15.5. The third-order valence-electron chi connectivity index (χ3n) is 4.01. The number of ether oxygens (including phenoxy) is 1. The van der Waals surface area contributed by atoms with Crippen LogP contribution in [0.1, 0.15) is 16.7 Å². The smallest absolute Gasteiger partial charge is 0.228 e. The normalized spacial score (nSPS) is 13.3. The fourth-order valence-corrected chi connectivity index (χ4v) is 2.75. The van der Waals surface area contributed by atoms with Crippen LogP contribution in [0.3, 0.4) is 0 Å². The van der Waals surface area contributed by atoms with E-state index in [0.717, 1.165) is 23.4 Å². The van der Waals surface area contributed by atoms with Gasteiger partial charge in [-0.05, 0) is 47.9 Å². The summed E-state index contributed by atoms with van der Waals surface area (Å²) in [6.45, 7) is 1.43. The van der Waals surface area contributed by atoms with Gasteiger partial charge in [0.05, 0.1) is 19.2 Å². The molecule has 1 aliphatic heterocycles. The van der Waals surface area contributed by atoms with Crippen LogP contribution in [0, 0.1) is 5.82 Å². The number of carbonyl (C=O) groups excluding carboxylic acids is 1. The molecule has 1 heterocycles. The third-order valence-corrected chi connectivity index (χ3v) is 4.01. The highest BCUT2D eigenvalue weighted by Gasteiger charge is 2.17. The van der Waals surface area contributed by atoms with Gasteiger partial charge in [-0.15, -0.1) is 0 Å². The molecule has 0 bridgehead atoms. The van der Waals surface area contributed by atoms with Gasteiger partial charge in [0.25, 0.3) is 0 Å². The van der Waals surface area contributed by atoms with E-state index in [1.54, 1.807) is 25.3 Å². The van der Waals surface area contributed by atoms with Crippen molar-refractivity contribution in [3.63, 3.8) is 0 Å². The van der Waals surface area contributed by atoms with Crippen molar-refractivity contribution in [3.8, 4) is 5.75 Å². The second kappa shape index (κ2) is 6.79. The Morgan fingerprint density at radius 3 is 2.78 bits per heavy atom. The summed E-state index contributed by atoms with van der Waals surface area (Å²) in [5, 5.41) is 5.88. The maximum Gasteiger partial charge on any atom is 0.228 e. The Kier molecular flexibility index (Phi) is 4.57. The Morgan fingerprint density at radius 2 is 2.04 bits per heavy atom. The molecule has 0 atom stereocenters. The molecule has 120 valence electrons. The van der Waals surface area contributed by atoms with Crippen LogP contribution in [0.4, 0.5) is 10.1 Å². The summed E-state index contributed by atoms with van der Waals surface area (Å²) in [7, 11) is 1.59. The molecule has 2 N–H and O–H groups in total. The molecule has 0 saturated heterocycles. The van der Waals surface area contributed by atoms with Crippen LogP contribution in [-0.4, -0.2) is 19.6 Å². The van der Waals surface area contributed by atoms with Crippen molar-refractivity contribution in [3.05, 3.63) is 58.9 Å². The lowest BCUT2D eigenvalue weighted by Crippen LogP contribution is -2.25. The highest BCUT2D eigenvalue weighted by atomic mass is 19.1. The van der Waals surface area contributed by atoms with E-state index in [4.69, 9.17) is 4.74 Å². The number of hydrogen-bond donors (Lipinski definition) is 2. The number of methoxy groups -OCH3 is 1. The number of hydrogen-bond acceptors (Lipinski definition) is 3. The van der Waals surface area contributed by atoms with Crippen LogP contribution >= 0.6 is 0 Å². The monoisotopic (exact) mass is 314 g/mol. The first-order chi connectivity index (χ1) is 11.2. The van der Waals surface area contributed by atoms with Crippen LogP contribution in [0.15, 0.2) is 36.4 Å². The maximum atomic E-state index is 14.5. The van der Waals surface area contributed by atoms with E-state index in [0.29, 0.717) is 18.5 Å². The Hall–Kier alpha value is -2.40. The number of benzene rings is 2. The molecule has 1 amide bonds. The van der Waals surface area contributed by atoms with E-state index in [9.17, 15) is 9.18 Å². The highest BCUT2D eigenvalue weighted by molar-refractivity contribution is 5.92. The quantitative estimate of drug-likeness (QED) is 0.912. The number of rotatable bonds is 4. The van der Waals surface area contributed by atoms with E-state index in [1.807, 2.05) is 18.2 Å². The fourth-order valence-electron chi connectivity index (χ4n) is 2.75. The Bertz CT molecular complexity index is 714. The molecule has 3 rings (SSSR count). The van der Waals surface area contributed by atoms with E-state index in [2.05, 4.69) is 10.6 Å². The molecule has 0 saturated carbocycles. The molecule has 1 aliphatic rings. The minimum atomic E-state index is -0.313. The number of amides is 1. The standard InChI is InChI=1S/C18H19FN2O2/c1-23-14-5-2-12(3-6-14)10-17(22)21-16-7-4-13-11-20-9-8-15(13)18(16)19/h2-7,20H,8-11H2,1H3,(H,21,22). The van der Waals surface area contributed by atoms with Gasteiger partial charge in [0.2, 0.25) is 5.91 Å². The number of fused-ring (bicyclic) bond motifs is 1. The average Bonchev–Trinajstić information content (AvgIpc) is 2.58. The van der Waals surface area contributed by atoms with Gasteiger partial charge in [-0.1, -0.05) is 18.2 Å². The Morgan fingerprint density at radius 1 is 1.26 bits per heavy atom. The molecule has 23 heavy (non-hydrogen) atoms. The molecule has 0 radical (unpaired) electrons. The first-order valence-corrected chi connectivity index (χ1v) is 7.61. The second-order valence-corrected chi connectivity index (χ2v) is 5.56. The van der Waals surface area contributed by atoms with Crippen molar-refractivity contribution >= 4 is 11.6 Å². The predicted molar refractivity (Wildman–Crippen MR) is 87.1 cm³/mol. The molecule has 0 aromatic heterocycles. The van der Waals surface area contributed by atoms with Crippen LogP contribution in [-0.2, 0) is 24.2 Å². The summed E-state index contributed by atoms with van der Waals surface area (Å²) >= 11 is 0. The summed E-state index contributed by atoms with van der Waals surface area (Å²) < 4.78 is 19.6. The molecule has 0 aliphatic carbocycles. The lowest BCUT2D eigenvalue weighted by Gasteiger charge is -2.19. The molecular formula is C18H19FN2O2. The van der Waals surface area contributed by atoms with Gasteiger partial charge in [0.15, 0.2) is 0 Å². The average molecular weight is 314 g/mol. The summed E-state index contributed by atoms with van der Waals surface area (Å²) in [4.78, 5) is 12.1. The van der Waals surface area contributed by atoms with E-state index < -0.39 is 0 Å². The minimum Gasteiger partial charge on any atom is -0.497 e. The predicted octanol–water partition coefficient (Wildman–Crippen LogP) is 2.66. The van der Waals surface area contributed by atoms with Crippen molar-refractivity contribution in [1.82, 2.24) is 5.32 Å². The van der Waals surface area contributed by atoms with Gasteiger partial charge in [0, 0.05) is 6.54 Å². The van der Waals surface area contributed by atoms with E-state index in [1.165, 1.54) is 0 Å². The van der Waals surface area contributed by atoms with Crippen molar-refractivity contribution in [2.45, 2.75) is 19.4 Å². The van der Waals surface area contributed by atoms with Gasteiger partial charge < -0.3 is 15.4 Å². The second-order valence-electron chi connectivity index (χ2n) is 5.56. The minimum absolute atomic E-state index is 0.197. The summed E-state index contributed by atoms with van der Waals surface area (Å²) in [5.41, 5.74) is 2.77. The van der Waals surface area contributed by atoms with E-state index in [-0.39, 0.29) is 23.8 Å². The maximum absolute atomic E-state index is 14.5. The van der Waals surface area contributed by atoms with Gasteiger partial charge in [-0.2, -0.15) is 0 Å². The SMILES string of the molecule is COc1ccc(CC(=O)Nc2ccc3c(c2F)CCNC3)cc1. The molecule has 0 unspecified atom stereocenters. The topological polar surface area (TPSA) is 50.4 Å². The van der Waals surface area contributed by atoms with Crippen LogP contribution < -0.4 is 15.4 Å². The molecule has 4 nitrogen and oxygen atoms in total. The van der Waals surface area contributed by atoms with Crippen molar-refractivity contribution in [2.75, 3.05) is 19.0 Å². The summed E-state index contributed by atoms with van der Waals surface area (Å²) in [6, 6.07) is 10.8. The summed E-state index contributed by atoms with van der Waals surface area (Å²) in [6.07, 6.45) is 0.839. The Balaban J connectivity index is 1.70. The molecule has 5 heteroatoms. The van der Waals surface area contributed by atoms with Gasteiger partial charge in [-0.25, -0.2) is 4.39 Å². The van der Waals surface area contributed by atoms with Gasteiger partial charge >= 0.3 is 0 Å². The van der Waals surface area contributed by atoms with Crippen molar-refractivity contribution in [2.24, 2.45) is 0 Å². The molecule has 0 spiro atoms. The van der Waals surface area contributed by atoms with Crippen LogP contribution in [0.25, 0.3) is 0 Å². The zero-order valence-corrected chi connectivity index (χ0v) is 13.0. The molecule has 0 fully saturated rings. The fraction of sp³-hybridized carbons (Fsp3) is 0.278. The number of carbonyl (C=O) groups is 1. The number of anilines is 1. The largest absolute Gasteiger partial charge is 0.497 e. The summed E-state index contributed by atoms with van der Waals surface area (Å²) in [5.74, 6) is 0.193. The molecule has 2 aromatic carbocycles. The van der Waals surface area contributed by atoms with Crippen molar-refractivity contribution < 1.29 is 13.9 Å². The third kappa shape index (κ3) is 3.51. The lowest BCUT2D eigenvalue weighted by atomic mass is 9.99. The van der Waals surface area contributed by atoms with Gasteiger partial charge in [-0.3, -0.25) is 4.79 Å². The van der Waals surface area contributed by atoms with Gasteiger partial charge in [0.1, 0.15) is 11.6 Å². The first-order valence-electron chi connectivity index (χ1n) is 7.61. The molecule has 2 aromatic rings. The van der Waals surface area contributed by atoms with Crippen LogP contribution in [0.5, 0.6) is 5.75 Å². The number of halogens is 1.